The molecule has 0 bridgehead atoms. The van der Waals surface area contributed by atoms with Crippen molar-refractivity contribution in [3.8, 4) is 0 Å². The zero-order chi connectivity index (χ0) is 18.3. The number of piperidine rings is 1. The van der Waals surface area contributed by atoms with Gasteiger partial charge in [-0.05, 0) is 45.2 Å². The van der Waals surface area contributed by atoms with Gasteiger partial charge in [0, 0.05) is 6.54 Å². The van der Waals surface area contributed by atoms with Crippen molar-refractivity contribution < 1.29 is 23.5 Å². The van der Waals surface area contributed by atoms with E-state index in [-0.39, 0.29) is 22.4 Å². The molecule has 2 aliphatic rings. The van der Waals surface area contributed by atoms with Gasteiger partial charge in [0.05, 0.1) is 22.4 Å². The van der Waals surface area contributed by atoms with Gasteiger partial charge in [0.2, 0.25) is 0 Å². The third kappa shape index (κ3) is 3.08. The van der Waals surface area contributed by atoms with Crippen molar-refractivity contribution in [3.05, 3.63) is 28.5 Å². The molecule has 1 aromatic carbocycles. The molecule has 25 heavy (non-hydrogen) atoms. The van der Waals surface area contributed by atoms with Crippen molar-refractivity contribution in [1.82, 2.24) is 4.90 Å². The molecule has 0 spiro atoms. The quantitative estimate of drug-likeness (QED) is 0.606. The molecule has 0 radical (unpaired) electrons. The van der Waals surface area contributed by atoms with Crippen LogP contribution in [0, 0.1) is 5.82 Å². The number of nitrogens with zero attached hydrogens (tertiary/aromatic N) is 2. The number of esters is 1. The average molecular weight is 369 g/mol. The summed E-state index contributed by atoms with van der Waals surface area (Å²) in [7, 11) is 0. The zero-order valence-corrected chi connectivity index (χ0v) is 14.7. The summed E-state index contributed by atoms with van der Waals surface area (Å²) >= 11 is 5.94. The lowest BCUT2D eigenvalue weighted by Gasteiger charge is -2.26. The number of rotatable bonds is 3. The summed E-state index contributed by atoms with van der Waals surface area (Å²) in [4.78, 5) is 39.5. The third-order valence-electron chi connectivity index (χ3n) is 4.29. The highest BCUT2D eigenvalue weighted by atomic mass is 35.5. The largest absolute Gasteiger partial charge is 0.459 e. The first kappa shape index (κ1) is 17.7. The van der Waals surface area contributed by atoms with E-state index in [9.17, 15) is 18.8 Å². The van der Waals surface area contributed by atoms with E-state index in [1.165, 1.54) is 4.90 Å². The van der Waals surface area contributed by atoms with Gasteiger partial charge >= 0.3 is 12.0 Å². The smallest absolute Gasteiger partial charge is 0.339 e. The number of ether oxygens (including phenoxy) is 1. The Labute approximate surface area is 149 Å². The zero-order valence-electron chi connectivity index (χ0n) is 13.9. The molecule has 3 rings (SSSR count). The monoisotopic (exact) mass is 368 g/mol. The minimum absolute atomic E-state index is 0.0859. The molecule has 2 aliphatic heterocycles. The number of hydrogen-bond donors (Lipinski definition) is 0. The standard InChI is InChI=1S/C17H18ClFN2O4/c1-9(2)25-16(23)10-7-14(12(19)8-11(10)18)21-15(22)13-5-3-4-6-20(13)17(21)24/h7-9,13H,3-6H2,1-2H3. The Morgan fingerprint density at radius 3 is 2.68 bits per heavy atom. The lowest BCUT2D eigenvalue weighted by Crippen LogP contribution is -2.39. The van der Waals surface area contributed by atoms with Gasteiger partial charge in [-0.25, -0.2) is 18.9 Å². The number of hydrogen-bond acceptors (Lipinski definition) is 4. The summed E-state index contributed by atoms with van der Waals surface area (Å²) in [5, 5.41) is -0.135. The van der Waals surface area contributed by atoms with Crippen LogP contribution in [0.3, 0.4) is 0 Å². The number of imide groups is 1. The Balaban J connectivity index is 2.00. The molecule has 0 aliphatic carbocycles. The van der Waals surface area contributed by atoms with Crippen molar-refractivity contribution in [2.75, 3.05) is 11.4 Å². The molecule has 6 nitrogen and oxygen atoms in total. The molecular formula is C17H18ClFN2O4. The van der Waals surface area contributed by atoms with Crippen LogP contribution in [-0.2, 0) is 9.53 Å². The van der Waals surface area contributed by atoms with Gasteiger partial charge in [0.15, 0.2) is 0 Å². The van der Waals surface area contributed by atoms with Crippen molar-refractivity contribution in [1.29, 1.82) is 0 Å². The molecule has 1 atom stereocenters. The van der Waals surface area contributed by atoms with Gasteiger partial charge in [0.25, 0.3) is 5.91 Å². The second-order valence-corrected chi connectivity index (χ2v) is 6.81. The van der Waals surface area contributed by atoms with Crippen LogP contribution in [-0.4, -0.2) is 41.5 Å². The molecule has 2 fully saturated rings. The highest BCUT2D eigenvalue weighted by Crippen LogP contribution is 2.34. The van der Waals surface area contributed by atoms with E-state index in [0.29, 0.717) is 13.0 Å². The van der Waals surface area contributed by atoms with E-state index < -0.39 is 29.8 Å². The average Bonchev–Trinajstić information content (AvgIpc) is 2.79. The maximum atomic E-state index is 14.4. The fourth-order valence-electron chi connectivity index (χ4n) is 3.15. The first-order valence-electron chi connectivity index (χ1n) is 8.16. The lowest BCUT2D eigenvalue weighted by molar-refractivity contribution is -0.120. The summed E-state index contributed by atoms with van der Waals surface area (Å²) in [6.45, 7) is 3.80. The molecule has 0 aromatic heterocycles. The first-order valence-corrected chi connectivity index (χ1v) is 8.53. The molecule has 8 heteroatoms. The van der Waals surface area contributed by atoms with Crippen molar-refractivity contribution in [2.45, 2.75) is 45.3 Å². The number of anilines is 1. The third-order valence-corrected chi connectivity index (χ3v) is 4.60. The minimum Gasteiger partial charge on any atom is -0.459 e. The number of halogens is 2. The van der Waals surface area contributed by atoms with Gasteiger partial charge in [-0.3, -0.25) is 4.79 Å². The highest BCUT2D eigenvalue weighted by Gasteiger charge is 2.47. The van der Waals surface area contributed by atoms with Gasteiger partial charge < -0.3 is 9.64 Å². The number of fused-ring (bicyclic) bond motifs is 1. The molecule has 2 heterocycles. The predicted octanol–water partition coefficient (Wildman–Crippen LogP) is 3.37. The number of carbonyl (C=O) groups is 3. The lowest BCUT2D eigenvalue weighted by atomic mass is 10.0. The molecule has 0 N–H and O–H groups in total. The Hall–Kier alpha value is -2.15. The molecule has 134 valence electrons. The Morgan fingerprint density at radius 2 is 2.04 bits per heavy atom. The Kier molecular flexibility index (Phi) is 4.69. The summed E-state index contributed by atoms with van der Waals surface area (Å²) < 4.78 is 19.5. The van der Waals surface area contributed by atoms with E-state index in [4.69, 9.17) is 16.3 Å². The highest BCUT2D eigenvalue weighted by molar-refractivity contribution is 6.34. The van der Waals surface area contributed by atoms with Crippen molar-refractivity contribution in [3.63, 3.8) is 0 Å². The van der Waals surface area contributed by atoms with Crippen LogP contribution in [0.5, 0.6) is 0 Å². The molecule has 1 aromatic rings. The van der Waals surface area contributed by atoms with Gasteiger partial charge in [-0.15, -0.1) is 0 Å². The van der Waals surface area contributed by atoms with Gasteiger partial charge in [-0.2, -0.15) is 0 Å². The first-order chi connectivity index (χ1) is 11.8. The number of benzene rings is 1. The fourth-order valence-corrected chi connectivity index (χ4v) is 3.38. The van der Waals surface area contributed by atoms with E-state index in [1.807, 2.05) is 0 Å². The van der Waals surface area contributed by atoms with Crippen molar-refractivity contribution >= 4 is 35.2 Å². The van der Waals surface area contributed by atoms with E-state index >= 15 is 0 Å². The summed E-state index contributed by atoms with van der Waals surface area (Å²) in [5.74, 6) is -2.06. The van der Waals surface area contributed by atoms with Crippen LogP contribution >= 0.6 is 11.6 Å². The van der Waals surface area contributed by atoms with Gasteiger partial charge in [-0.1, -0.05) is 11.6 Å². The normalized spacial score (nSPS) is 20.3. The van der Waals surface area contributed by atoms with E-state index in [0.717, 1.165) is 29.9 Å². The predicted molar refractivity (Wildman–Crippen MR) is 89.2 cm³/mol. The second kappa shape index (κ2) is 6.63. The number of carbonyl (C=O) groups excluding carboxylic acids is 3. The molecule has 3 amide bonds. The summed E-state index contributed by atoms with van der Waals surface area (Å²) in [6, 6.07) is 0.893. The van der Waals surface area contributed by atoms with E-state index in [1.54, 1.807) is 13.8 Å². The number of urea groups is 1. The summed E-state index contributed by atoms with van der Waals surface area (Å²) in [5.41, 5.74) is -0.359. The van der Waals surface area contributed by atoms with Crippen LogP contribution in [0.1, 0.15) is 43.5 Å². The molecule has 2 saturated heterocycles. The second-order valence-electron chi connectivity index (χ2n) is 6.40. The Bertz CT molecular complexity index is 728. The van der Waals surface area contributed by atoms with Crippen molar-refractivity contribution in [2.24, 2.45) is 0 Å². The maximum Gasteiger partial charge on any atom is 0.339 e. The van der Waals surface area contributed by atoms with Gasteiger partial charge in [0.1, 0.15) is 11.9 Å². The molecule has 0 saturated carbocycles. The SMILES string of the molecule is CC(C)OC(=O)c1cc(N2C(=O)C3CCCCN3C2=O)c(F)cc1Cl. The fraction of sp³-hybridized carbons (Fsp3) is 0.471. The number of amides is 3. The topological polar surface area (TPSA) is 66.9 Å². The van der Waals surface area contributed by atoms with Crippen LogP contribution in [0.4, 0.5) is 14.9 Å². The van der Waals surface area contributed by atoms with Crippen LogP contribution in [0.2, 0.25) is 5.02 Å². The molecular weight excluding hydrogens is 351 g/mol. The molecule has 1 unspecified atom stereocenters. The summed E-state index contributed by atoms with van der Waals surface area (Å²) in [6.07, 6.45) is 1.81. The van der Waals surface area contributed by atoms with Crippen LogP contribution < -0.4 is 4.90 Å². The maximum absolute atomic E-state index is 14.4. The Morgan fingerprint density at radius 1 is 1.32 bits per heavy atom. The van der Waals surface area contributed by atoms with Crippen LogP contribution in [0.15, 0.2) is 12.1 Å². The minimum atomic E-state index is -0.840. The van der Waals surface area contributed by atoms with E-state index in [2.05, 4.69) is 0 Å². The van der Waals surface area contributed by atoms with Crippen LogP contribution in [0.25, 0.3) is 0 Å².